The van der Waals surface area contributed by atoms with Gasteiger partial charge in [-0.05, 0) is 156 Å². The number of aliphatic hydroxyl groups is 2. The normalized spacial score (nSPS) is 22.5. The number of carbonyl (C=O) groups excluding carboxylic acids is 1. The molecule has 4 rings (SSSR count). The number of allylic oxidation sites excluding steroid dienone is 3. The van der Waals surface area contributed by atoms with E-state index in [9.17, 15) is 5.11 Å². The molecule has 1 atom stereocenters. The number of hydrogen-bond acceptors (Lipinski definition) is 3. The maximum atomic E-state index is 9.63. The first-order chi connectivity index (χ1) is 21.1. The summed E-state index contributed by atoms with van der Waals surface area (Å²) in [6.07, 6.45) is 22.4. The van der Waals surface area contributed by atoms with Gasteiger partial charge in [0.15, 0.2) is 0 Å². The second-order valence-electron chi connectivity index (χ2n) is 12.8. The molecule has 3 heteroatoms. The fourth-order valence-electron chi connectivity index (χ4n) is 7.55. The molecule has 0 saturated heterocycles. The first-order valence-corrected chi connectivity index (χ1v) is 16.9. The fourth-order valence-corrected chi connectivity index (χ4v) is 7.55. The average Bonchev–Trinajstić information content (AvgIpc) is 3.07. The lowest BCUT2D eigenvalue weighted by molar-refractivity contribution is -0.0980. The third-order valence-electron chi connectivity index (χ3n) is 10.0. The highest BCUT2D eigenvalue weighted by Gasteiger charge is 2.28. The van der Waals surface area contributed by atoms with Crippen LogP contribution in [0.1, 0.15) is 127 Å². The Morgan fingerprint density at radius 2 is 1.30 bits per heavy atom. The van der Waals surface area contributed by atoms with Crippen molar-refractivity contribution < 1.29 is 15.0 Å². The van der Waals surface area contributed by atoms with Crippen molar-refractivity contribution in [3.8, 4) is 11.1 Å². The Kier molecular flexibility index (Phi) is 18.1. The summed E-state index contributed by atoms with van der Waals surface area (Å²) in [6.45, 7) is 10.7. The number of hydrogen-bond donors (Lipinski definition) is 2. The van der Waals surface area contributed by atoms with E-state index in [0.717, 1.165) is 37.7 Å². The van der Waals surface area contributed by atoms with Crippen LogP contribution >= 0.6 is 0 Å². The molecule has 0 radical (unpaired) electrons. The van der Waals surface area contributed by atoms with E-state index in [0.29, 0.717) is 18.4 Å². The molecule has 3 nitrogen and oxygen atoms in total. The summed E-state index contributed by atoms with van der Waals surface area (Å²) in [5, 5.41) is 16.6. The van der Waals surface area contributed by atoms with Crippen molar-refractivity contribution in [2.45, 2.75) is 116 Å². The Hall–Kier alpha value is -2.49. The summed E-state index contributed by atoms with van der Waals surface area (Å²) in [6, 6.07) is 19.0. The van der Waals surface area contributed by atoms with E-state index >= 15 is 0 Å². The van der Waals surface area contributed by atoms with Crippen LogP contribution < -0.4 is 0 Å². The average molecular weight is 589 g/mol. The molecular weight excluding hydrogens is 528 g/mol. The first kappa shape index (κ1) is 36.7. The predicted molar refractivity (Wildman–Crippen MR) is 184 cm³/mol. The molecule has 0 aromatic heterocycles. The van der Waals surface area contributed by atoms with Gasteiger partial charge in [-0.2, -0.15) is 0 Å². The van der Waals surface area contributed by atoms with Gasteiger partial charge in [-0.25, -0.2) is 0 Å². The minimum Gasteiger partial charge on any atom is -0.400 e. The summed E-state index contributed by atoms with van der Waals surface area (Å²) in [5.74, 6) is 3.83. The van der Waals surface area contributed by atoms with Gasteiger partial charge in [-0.1, -0.05) is 66.3 Å². The quantitative estimate of drug-likeness (QED) is 0.229. The third-order valence-corrected chi connectivity index (χ3v) is 10.0. The monoisotopic (exact) mass is 588 g/mol. The number of rotatable bonds is 13. The molecule has 0 aliphatic heterocycles. The topological polar surface area (TPSA) is 57.5 Å². The molecular formula is C40H60O3. The van der Waals surface area contributed by atoms with Gasteiger partial charge in [0.25, 0.3) is 0 Å². The van der Waals surface area contributed by atoms with Crippen LogP contribution in [0.25, 0.3) is 11.1 Å². The predicted octanol–water partition coefficient (Wildman–Crippen LogP) is 10.4. The molecule has 2 aromatic carbocycles. The second-order valence-corrected chi connectivity index (χ2v) is 12.8. The Morgan fingerprint density at radius 3 is 1.74 bits per heavy atom. The Balaban J connectivity index is 0.00000155. The SMILES string of the molecule is C=C(C)CCCC(CCO)C1CCC(c2ccc(-c3ccc(C4CCC(CC/C=C/C)CC4)cc3)cc2)CC1.C=O.CO. The second kappa shape index (κ2) is 21.3. The molecule has 1 unspecified atom stereocenters. The standard InChI is InChI=1S/C38H54O.CH4O.CH2O/c1-4-5-6-9-30-11-13-32(14-12-30)34-19-21-36(22-20-34)38-25-23-37(24-26-38)35-17-15-33(16-18-35)31(27-28-39)10-7-8-29(2)3;2*1-2/h4-5,19-26,30-33,35,39H,2,6-18,27-28H2,1,3H3;2H,1H3;1H2/b5-4+;;. The smallest absolute Gasteiger partial charge is 0.106 e. The largest absolute Gasteiger partial charge is 0.400 e. The Labute approximate surface area is 263 Å². The van der Waals surface area contributed by atoms with E-state index in [1.165, 1.54) is 105 Å². The van der Waals surface area contributed by atoms with Gasteiger partial charge in [-0.15, -0.1) is 6.58 Å². The minimum atomic E-state index is 0.332. The Bertz CT molecular complexity index is 1020. The number of benzene rings is 2. The molecule has 43 heavy (non-hydrogen) atoms. The van der Waals surface area contributed by atoms with E-state index in [2.05, 4.69) is 81.1 Å². The van der Waals surface area contributed by atoms with Crippen molar-refractivity contribution in [1.29, 1.82) is 0 Å². The van der Waals surface area contributed by atoms with Crippen LogP contribution in [0.4, 0.5) is 0 Å². The number of carbonyl (C=O) groups is 1. The number of aliphatic hydroxyl groups excluding tert-OH is 2. The highest BCUT2D eigenvalue weighted by molar-refractivity contribution is 5.64. The van der Waals surface area contributed by atoms with Crippen molar-refractivity contribution >= 4 is 6.79 Å². The van der Waals surface area contributed by atoms with Gasteiger partial charge in [-0.3, -0.25) is 0 Å². The molecule has 0 amide bonds. The van der Waals surface area contributed by atoms with Gasteiger partial charge in [0.1, 0.15) is 6.79 Å². The molecule has 2 aliphatic carbocycles. The highest BCUT2D eigenvalue weighted by atomic mass is 16.3. The molecule has 0 spiro atoms. The van der Waals surface area contributed by atoms with Crippen LogP contribution in [-0.2, 0) is 4.79 Å². The summed E-state index contributed by atoms with van der Waals surface area (Å²) >= 11 is 0. The van der Waals surface area contributed by atoms with Crippen molar-refractivity contribution in [3.05, 3.63) is 84.0 Å². The maximum Gasteiger partial charge on any atom is 0.106 e. The van der Waals surface area contributed by atoms with Crippen LogP contribution in [0.15, 0.2) is 72.8 Å². The van der Waals surface area contributed by atoms with Crippen molar-refractivity contribution in [3.63, 3.8) is 0 Å². The molecule has 0 heterocycles. The maximum absolute atomic E-state index is 9.63. The molecule has 2 saturated carbocycles. The zero-order valence-corrected chi connectivity index (χ0v) is 27.5. The van der Waals surface area contributed by atoms with Gasteiger partial charge in [0, 0.05) is 13.7 Å². The van der Waals surface area contributed by atoms with Crippen molar-refractivity contribution in [1.82, 2.24) is 0 Å². The van der Waals surface area contributed by atoms with Gasteiger partial charge < -0.3 is 15.0 Å². The molecule has 238 valence electrons. The molecule has 0 bridgehead atoms. The van der Waals surface area contributed by atoms with Crippen LogP contribution in [0.5, 0.6) is 0 Å². The zero-order valence-electron chi connectivity index (χ0n) is 27.5. The lowest BCUT2D eigenvalue weighted by Crippen LogP contribution is -2.22. The molecule has 2 N–H and O–H groups in total. The van der Waals surface area contributed by atoms with E-state index < -0.39 is 0 Å². The van der Waals surface area contributed by atoms with Crippen molar-refractivity contribution in [2.24, 2.45) is 17.8 Å². The van der Waals surface area contributed by atoms with E-state index in [1.807, 2.05) is 6.79 Å². The first-order valence-electron chi connectivity index (χ1n) is 16.9. The van der Waals surface area contributed by atoms with Crippen LogP contribution in [0.3, 0.4) is 0 Å². The lowest BCUT2D eigenvalue weighted by Gasteiger charge is -2.34. The van der Waals surface area contributed by atoms with Gasteiger partial charge >= 0.3 is 0 Å². The molecule has 2 fully saturated rings. The summed E-state index contributed by atoms with van der Waals surface area (Å²) in [7, 11) is 1.00. The van der Waals surface area contributed by atoms with Crippen molar-refractivity contribution in [2.75, 3.05) is 13.7 Å². The molecule has 2 aromatic rings. The van der Waals surface area contributed by atoms with E-state index in [-0.39, 0.29) is 0 Å². The zero-order chi connectivity index (χ0) is 31.5. The summed E-state index contributed by atoms with van der Waals surface area (Å²) in [4.78, 5) is 8.00. The van der Waals surface area contributed by atoms with E-state index in [4.69, 9.17) is 9.90 Å². The third kappa shape index (κ3) is 12.2. The summed E-state index contributed by atoms with van der Waals surface area (Å²) < 4.78 is 0. The van der Waals surface area contributed by atoms with Gasteiger partial charge in [0.05, 0.1) is 0 Å². The fraction of sp³-hybridized carbons (Fsp3) is 0.575. The highest BCUT2D eigenvalue weighted by Crippen LogP contribution is 2.42. The van der Waals surface area contributed by atoms with Gasteiger partial charge in [0.2, 0.25) is 0 Å². The molecule has 2 aliphatic rings. The van der Waals surface area contributed by atoms with Crippen LogP contribution in [0, 0.1) is 17.8 Å². The summed E-state index contributed by atoms with van der Waals surface area (Å²) in [5.41, 5.74) is 7.02. The van der Waals surface area contributed by atoms with Crippen LogP contribution in [-0.4, -0.2) is 30.7 Å². The lowest BCUT2D eigenvalue weighted by atomic mass is 9.71. The Morgan fingerprint density at radius 1 is 0.814 bits per heavy atom. The van der Waals surface area contributed by atoms with Crippen LogP contribution in [0.2, 0.25) is 0 Å². The minimum absolute atomic E-state index is 0.332. The van der Waals surface area contributed by atoms with E-state index in [1.54, 1.807) is 0 Å².